The van der Waals surface area contributed by atoms with Gasteiger partial charge in [0.25, 0.3) is 0 Å². The summed E-state index contributed by atoms with van der Waals surface area (Å²) in [5, 5.41) is 0. The van der Waals surface area contributed by atoms with Crippen molar-refractivity contribution in [2.24, 2.45) is 11.8 Å². The van der Waals surface area contributed by atoms with E-state index in [4.69, 9.17) is 0 Å². The molecule has 2 radical (unpaired) electrons. The predicted octanol–water partition coefficient (Wildman–Crippen LogP) is 4.27. The van der Waals surface area contributed by atoms with E-state index in [9.17, 15) is 0 Å². The van der Waals surface area contributed by atoms with Gasteiger partial charge in [-0.1, -0.05) is 27.7 Å². The summed E-state index contributed by atoms with van der Waals surface area (Å²) in [6, 6.07) is 0. The molecule has 0 bridgehead atoms. The van der Waals surface area contributed by atoms with Crippen molar-refractivity contribution in [1.82, 2.24) is 0 Å². The summed E-state index contributed by atoms with van der Waals surface area (Å²) < 4.78 is 0. The minimum Gasteiger partial charge on any atom is -0.0628 e. The topological polar surface area (TPSA) is 0 Å². The Kier molecular flexibility index (Phi) is 7.64. The molecule has 12 heavy (non-hydrogen) atoms. The van der Waals surface area contributed by atoms with Crippen molar-refractivity contribution in [2.75, 3.05) is 0 Å². The van der Waals surface area contributed by atoms with Gasteiger partial charge in [-0.15, -0.1) is 0 Å². The Bertz CT molecular complexity index is 70.0. The molecule has 72 valence electrons. The van der Waals surface area contributed by atoms with E-state index < -0.39 is 0 Å². The van der Waals surface area contributed by atoms with Gasteiger partial charge in [0.2, 0.25) is 0 Å². The number of hydrogen-bond acceptors (Lipinski definition) is 0. The Morgan fingerprint density at radius 3 is 1.33 bits per heavy atom. The lowest BCUT2D eigenvalue weighted by molar-refractivity contribution is 0.595. The molecule has 0 aromatic rings. The minimum atomic E-state index is 0.829. The Balaban J connectivity index is 2.91. The van der Waals surface area contributed by atoms with Crippen LogP contribution in [0, 0.1) is 24.7 Å². The van der Waals surface area contributed by atoms with Crippen LogP contribution in [-0.2, 0) is 0 Å². The van der Waals surface area contributed by atoms with Gasteiger partial charge in [-0.05, 0) is 50.4 Å². The van der Waals surface area contributed by atoms with E-state index in [-0.39, 0.29) is 0 Å². The first kappa shape index (κ1) is 12.0. The summed E-state index contributed by atoms with van der Waals surface area (Å²) in [4.78, 5) is 0. The van der Waals surface area contributed by atoms with Gasteiger partial charge >= 0.3 is 0 Å². The lowest BCUT2D eigenvalue weighted by atomic mass is 10.0. The zero-order valence-electron chi connectivity index (χ0n) is 9.14. The lowest BCUT2D eigenvalue weighted by Crippen LogP contribution is -1.90. The van der Waals surface area contributed by atoms with Crippen molar-refractivity contribution in [1.29, 1.82) is 0 Å². The fraction of sp³-hybridized carbons (Fsp3) is 0.833. The molecule has 0 nitrogen and oxygen atoms in total. The molecule has 0 saturated heterocycles. The molecule has 0 atom stereocenters. The molecule has 0 unspecified atom stereocenters. The van der Waals surface area contributed by atoms with E-state index in [0.29, 0.717) is 0 Å². The maximum Gasteiger partial charge on any atom is -0.0383 e. The molecular formula is C12H24. The van der Waals surface area contributed by atoms with Crippen LogP contribution in [0.25, 0.3) is 0 Å². The first-order valence-electron chi connectivity index (χ1n) is 5.26. The van der Waals surface area contributed by atoms with Crippen molar-refractivity contribution in [3.05, 3.63) is 12.8 Å². The third kappa shape index (κ3) is 10.0. The molecule has 0 aromatic heterocycles. The van der Waals surface area contributed by atoms with Gasteiger partial charge in [0.05, 0.1) is 0 Å². The molecule has 0 saturated carbocycles. The largest absolute Gasteiger partial charge is 0.0628 e. The van der Waals surface area contributed by atoms with Crippen LogP contribution in [0.3, 0.4) is 0 Å². The highest BCUT2D eigenvalue weighted by molar-refractivity contribution is 4.73. The van der Waals surface area contributed by atoms with Crippen LogP contribution in [0.4, 0.5) is 0 Å². The summed E-state index contributed by atoms with van der Waals surface area (Å²) in [7, 11) is 0. The summed E-state index contributed by atoms with van der Waals surface area (Å²) in [5.41, 5.74) is 0. The van der Waals surface area contributed by atoms with E-state index in [2.05, 4.69) is 40.5 Å². The highest BCUT2D eigenvalue weighted by Gasteiger charge is 1.96. The monoisotopic (exact) mass is 168 g/mol. The fourth-order valence-corrected chi connectivity index (χ4v) is 1.14. The highest BCUT2D eigenvalue weighted by Crippen LogP contribution is 2.11. The molecule has 0 N–H and O–H groups in total. The second kappa shape index (κ2) is 7.64. The summed E-state index contributed by atoms with van der Waals surface area (Å²) in [6.07, 6.45) is 9.92. The lowest BCUT2D eigenvalue weighted by Gasteiger charge is -2.05. The molecule has 0 spiro atoms. The van der Waals surface area contributed by atoms with Crippen LogP contribution >= 0.6 is 0 Å². The molecule has 0 heterocycles. The van der Waals surface area contributed by atoms with E-state index in [1.807, 2.05) is 0 Å². The van der Waals surface area contributed by atoms with E-state index >= 15 is 0 Å². The molecule has 0 aliphatic heterocycles. The molecular weight excluding hydrogens is 144 g/mol. The van der Waals surface area contributed by atoms with Crippen molar-refractivity contribution in [3.8, 4) is 0 Å². The molecule has 0 heteroatoms. The molecule has 0 aromatic carbocycles. The van der Waals surface area contributed by atoms with Gasteiger partial charge in [-0.3, -0.25) is 0 Å². The van der Waals surface area contributed by atoms with Crippen LogP contribution in [0.2, 0.25) is 0 Å². The number of unbranched alkanes of at least 4 members (excludes halogenated alkanes) is 3. The van der Waals surface area contributed by atoms with Crippen LogP contribution in [0.1, 0.15) is 53.4 Å². The van der Waals surface area contributed by atoms with Crippen molar-refractivity contribution >= 4 is 0 Å². The third-order valence-electron chi connectivity index (χ3n) is 1.85. The Morgan fingerprint density at radius 2 is 1.08 bits per heavy atom. The second-order valence-electron chi connectivity index (χ2n) is 4.41. The molecule has 0 fully saturated rings. The average Bonchev–Trinajstić information content (AvgIpc) is 1.95. The molecule has 0 aliphatic rings. The summed E-state index contributed by atoms with van der Waals surface area (Å²) in [6.45, 7) is 9.09. The number of hydrogen-bond donors (Lipinski definition) is 0. The van der Waals surface area contributed by atoms with E-state index in [0.717, 1.165) is 11.8 Å². The van der Waals surface area contributed by atoms with Crippen molar-refractivity contribution in [2.45, 2.75) is 53.4 Å². The van der Waals surface area contributed by atoms with Gasteiger partial charge in [-0.2, -0.15) is 0 Å². The quantitative estimate of drug-likeness (QED) is 0.498. The van der Waals surface area contributed by atoms with Crippen LogP contribution in [0.15, 0.2) is 0 Å². The Hall–Kier alpha value is 0. The van der Waals surface area contributed by atoms with Crippen LogP contribution < -0.4 is 0 Å². The van der Waals surface area contributed by atoms with Crippen molar-refractivity contribution in [3.63, 3.8) is 0 Å². The van der Waals surface area contributed by atoms with Gasteiger partial charge in [0, 0.05) is 0 Å². The molecule has 0 amide bonds. The number of rotatable bonds is 7. The fourth-order valence-electron chi connectivity index (χ4n) is 1.14. The standard InChI is InChI=1S/C12H24/c1-11(2)9-7-5-6-8-10-12(3)4/h7-8,11-12H,5-6,9-10H2,1-4H3. The van der Waals surface area contributed by atoms with Gasteiger partial charge in [-0.25, -0.2) is 0 Å². The Morgan fingerprint density at radius 1 is 0.750 bits per heavy atom. The highest BCUT2D eigenvalue weighted by atomic mass is 14.0. The van der Waals surface area contributed by atoms with E-state index in [1.165, 1.54) is 25.7 Å². The first-order valence-corrected chi connectivity index (χ1v) is 5.26. The maximum atomic E-state index is 2.42. The van der Waals surface area contributed by atoms with Crippen molar-refractivity contribution < 1.29 is 0 Å². The summed E-state index contributed by atoms with van der Waals surface area (Å²) >= 11 is 0. The van der Waals surface area contributed by atoms with Gasteiger partial charge in [0.1, 0.15) is 0 Å². The minimum absolute atomic E-state index is 0.829. The van der Waals surface area contributed by atoms with E-state index in [1.54, 1.807) is 0 Å². The second-order valence-corrected chi connectivity index (χ2v) is 4.41. The Labute approximate surface area is 78.8 Å². The SMILES string of the molecule is CC(C)C[CH]CC[CH]CC(C)C. The van der Waals surface area contributed by atoms with Gasteiger partial charge in [0.15, 0.2) is 0 Å². The first-order chi connectivity index (χ1) is 5.63. The zero-order valence-corrected chi connectivity index (χ0v) is 9.14. The van der Waals surface area contributed by atoms with Crippen LogP contribution in [0.5, 0.6) is 0 Å². The third-order valence-corrected chi connectivity index (χ3v) is 1.85. The maximum absolute atomic E-state index is 2.42. The van der Waals surface area contributed by atoms with Gasteiger partial charge < -0.3 is 0 Å². The predicted molar refractivity (Wildman–Crippen MR) is 56.7 cm³/mol. The summed E-state index contributed by atoms with van der Waals surface area (Å²) in [5.74, 6) is 1.66. The normalized spacial score (nSPS) is 11.5. The zero-order chi connectivity index (χ0) is 9.40. The van der Waals surface area contributed by atoms with Crippen LogP contribution in [-0.4, -0.2) is 0 Å². The average molecular weight is 168 g/mol. The molecule has 0 rings (SSSR count). The smallest absolute Gasteiger partial charge is 0.0383 e. The molecule has 0 aliphatic carbocycles.